The van der Waals surface area contributed by atoms with E-state index in [2.05, 4.69) is 6.58 Å². The lowest BCUT2D eigenvalue weighted by Crippen LogP contribution is -2.33. The minimum Gasteiger partial charge on any atom is -0.494 e. The molecule has 0 fully saturated rings. The van der Waals surface area contributed by atoms with E-state index in [0.717, 1.165) is 44.6 Å². The molecule has 0 aliphatic rings. The number of benzene rings is 3. The van der Waals surface area contributed by atoms with Gasteiger partial charge in [-0.15, -0.1) is 6.58 Å². The van der Waals surface area contributed by atoms with Gasteiger partial charge in [-0.2, -0.15) is 13.2 Å². The van der Waals surface area contributed by atoms with Crippen LogP contribution in [0.2, 0.25) is 0 Å². The summed E-state index contributed by atoms with van der Waals surface area (Å²) in [7, 11) is 0. The molecule has 0 spiro atoms. The Bertz CT molecular complexity index is 1420. The summed E-state index contributed by atoms with van der Waals surface area (Å²) in [4.78, 5) is 23.9. The lowest BCUT2D eigenvalue weighted by Gasteiger charge is -2.20. The molecule has 3 rings (SSSR count). The Morgan fingerprint density at radius 1 is 0.844 bits per heavy atom. The van der Waals surface area contributed by atoms with Gasteiger partial charge in [0.2, 0.25) is 0 Å². The van der Waals surface area contributed by atoms with Gasteiger partial charge in [0.15, 0.2) is 6.10 Å². The Hall–Kier alpha value is -4.14. The molecular formula is C36H40F4O5. The number of unbranched alkanes of at least 4 members (excludes halogenated alkanes) is 7. The van der Waals surface area contributed by atoms with Gasteiger partial charge in [0, 0.05) is 5.56 Å². The van der Waals surface area contributed by atoms with Gasteiger partial charge in [-0.05, 0) is 91.3 Å². The molecule has 0 radical (unpaired) electrons. The normalized spacial score (nSPS) is 12.0. The lowest BCUT2D eigenvalue weighted by molar-refractivity contribution is -0.206. The third-order valence-corrected chi connectivity index (χ3v) is 7.43. The molecule has 3 aromatic rings. The Morgan fingerprint density at radius 2 is 1.49 bits per heavy atom. The van der Waals surface area contributed by atoms with E-state index in [-0.39, 0.29) is 29.5 Å². The monoisotopic (exact) mass is 628 g/mol. The first-order chi connectivity index (χ1) is 21.5. The van der Waals surface area contributed by atoms with Crippen molar-refractivity contribution in [1.82, 2.24) is 0 Å². The quantitative estimate of drug-likeness (QED) is 0.0657. The van der Waals surface area contributed by atoms with E-state index < -0.39 is 30.0 Å². The van der Waals surface area contributed by atoms with Crippen molar-refractivity contribution in [3.05, 3.63) is 90.3 Å². The first kappa shape index (κ1) is 35.3. The van der Waals surface area contributed by atoms with Crippen molar-refractivity contribution in [3.8, 4) is 28.0 Å². The number of carbonyl (C=O) groups excluding carboxylic acids is 1. The van der Waals surface area contributed by atoms with Crippen LogP contribution in [0.1, 0.15) is 91.8 Å². The summed E-state index contributed by atoms with van der Waals surface area (Å²) in [6.07, 6.45) is 3.00. The van der Waals surface area contributed by atoms with Crippen LogP contribution in [-0.4, -0.2) is 35.9 Å². The van der Waals surface area contributed by atoms with E-state index >= 15 is 4.39 Å². The van der Waals surface area contributed by atoms with E-state index in [0.29, 0.717) is 35.5 Å². The number of aromatic carboxylic acids is 1. The highest BCUT2D eigenvalue weighted by molar-refractivity contribution is 5.92. The molecule has 1 N–H and O–H groups in total. The van der Waals surface area contributed by atoms with Crippen LogP contribution in [0.4, 0.5) is 17.6 Å². The third kappa shape index (κ3) is 10.8. The van der Waals surface area contributed by atoms with E-state index in [9.17, 15) is 27.9 Å². The molecule has 0 saturated carbocycles. The number of ether oxygens (including phenoxy) is 2. The summed E-state index contributed by atoms with van der Waals surface area (Å²) in [6.45, 7) is 5.97. The third-order valence-electron chi connectivity index (χ3n) is 7.43. The van der Waals surface area contributed by atoms with E-state index in [1.165, 1.54) is 30.7 Å². The van der Waals surface area contributed by atoms with Crippen molar-refractivity contribution in [3.63, 3.8) is 0 Å². The van der Waals surface area contributed by atoms with Gasteiger partial charge >= 0.3 is 18.1 Å². The molecule has 3 aromatic carbocycles. The molecular weight excluding hydrogens is 588 g/mol. The van der Waals surface area contributed by atoms with Crippen LogP contribution in [0.15, 0.2) is 73.3 Å². The fourth-order valence-electron chi connectivity index (χ4n) is 4.90. The van der Waals surface area contributed by atoms with Gasteiger partial charge in [-0.1, -0.05) is 63.3 Å². The summed E-state index contributed by atoms with van der Waals surface area (Å²) in [5, 5.41) is 9.25. The Morgan fingerprint density at radius 3 is 2.11 bits per heavy atom. The Labute approximate surface area is 261 Å². The molecule has 0 aliphatic heterocycles. The smallest absolute Gasteiger partial charge is 0.425 e. The van der Waals surface area contributed by atoms with E-state index in [1.54, 1.807) is 37.3 Å². The highest BCUT2D eigenvalue weighted by atomic mass is 19.4. The molecule has 5 nitrogen and oxygen atoms in total. The molecule has 9 heteroatoms. The standard InChI is InChI=1S/C36H40F4O5/c1-3-5-7-8-9-10-11-12-22-44-28-19-21-29(30-20-18-27(34(41)42)23-32(30)37)31(24-28)25-14-16-26(17-15-25)35(43)45-33(13-6-4-2)36(38,39)40/h3,14-21,23-24,33H,1,4-13,22H2,2H3,(H,41,42). The van der Waals surface area contributed by atoms with Crippen LogP contribution in [0.5, 0.6) is 5.75 Å². The van der Waals surface area contributed by atoms with Gasteiger partial charge in [0.05, 0.1) is 17.7 Å². The maximum absolute atomic E-state index is 15.1. The minimum absolute atomic E-state index is 0.0556. The Kier molecular flexibility index (Phi) is 13.6. The second kappa shape index (κ2) is 17.4. The van der Waals surface area contributed by atoms with Crippen LogP contribution < -0.4 is 4.74 Å². The number of halogens is 4. The average molecular weight is 629 g/mol. The van der Waals surface area contributed by atoms with Crippen molar-refractivity contribution >= 4 is 11.9 Å². The zero-order valence-electron chi connectivity index (χ0n) is 25.5. The van der Waals surface area contributed by atoms with Crippen molar-refractivity contribution in [1.29, 1.82) is 0 Å². The topological polar surface area (TPSA) is 72.8 Å². The fourth-order valence-corrected chi connectivity index (χ4v) is 4.90. The number of carboxylic acids is 1. The summed E-state index contributed by atoms with van der Waals surface area (Å²) < 4.78 is 66.1. The number of rotatable bonds is 18. The van der Waals surface area contributed by atoms with Crippen LogP contribution >= 0.6 is 0 Å². The van der Waals surface area contributed by atoms with Gasteiger partial charge in [-0.3, -0.25) is 0 Å². The number of hydrogen-bond donors (Lipinski definition) is 1. The Balaban J connectivity index is 1.83. The van der Waals surface area contributed by atoms with E-state index in [4.69, 9.17) is 9.47 Å². The fraction of sp³-hybridized carbons (Fsp3) is 0.389. The lowest BCUT2D eigenvalue weighted by atomic mass is 9.93. The van der Waals surface area contributed by atoms with Crippen LogP contribution in [0.3, 0.4) is 0 Å². The van der Waals surface area contributed by atoms with Crippen molar-refractivity contribution < 1.29 is 41.7 Å². The van der Waals surface area contributed by atoms with Crippen LogP contribution in [-0.2, 0) is 4.74 Å². The summed E-state index contributed by atoms with van der Waals surface area (Å²) >= 11 is 0. The van der Waals surface area contributed by atoms with Gasteiger partial charge in [-0.25, -0.2) is 14.0 Å². The first-order valence-electron chi connectivity index (χ1n) is 15.3. The largest absolute Gasteiger partial charge is 0.494 e. The number of carboxylic acid groups (broad SMARTS) is 1. The number of carbonyl (C=O) groups is 2. The number of hydrogen-bond acceptors (Lipinski definition) is 4. The van der Waals surface area contributed by atoms with Crippen molar-refractivity contribution in [2.75, 3.05) is 6.61 Å². The maximum atomic E-state index is 15.1. The zero-order valence-corrected chi connectivity index (χ0v) is 25.5. The second-order valence-corrected chi connectivity index (χ2v) is 10.9. The van der Waals surface area contributed by atoms with Crippen LogP contribution in [0, 0.1) is 5.82 Å². The van der Waals surface area contributed by atoms with Gasteiger partial charge in [0.1, 0.15) is 11.6 Å². The average Bonchev–Trinajstić information content (AvgIpc) is 3.01. The maximum Gasteiger partial charge on any atom is 0.425 e. The minimum atomic E-state index is -4.67. The zero-order chi connectivity index (χ0) is 32.8. The molecule has 0 heterocycles. The summed E-state index contributed by atoms with van der Waals surface area (Å²) in [5.74, 6) is -2.54. The summed E-state index contributed by atoms with van der Waals surface area (Å²) in [6, 6.07) is 14.6. The first-order valence-corrected chi connectivity index (χ1v) is 15.3. The molecule has 0 saturated heterocycles. The van der Waals surface area contributed by atoms with E-state index in [1.807, 2.05) is 6.08 Å². The molecule has 0 amide bonds. The molecule has 1 unspecified atom stereocenters. The molecule has 45 heavy (non-hydrogen) atoms. The second-order valence-electron chi connectivity index (χ2n) is 10.9. The highest BCUT2D eigenvalue weighted by Crippen LogP contribution is 2.37. The summed E-state index contributed by atoms with van der Waals surface area (Å²) in [5.41, 5.74) is 1.44. The van der Waals surface area contributed by atoms with Crippen LogP contribution in [0.25, 0.3) is 22.3 Å². The van der Waals surface area contributed by atoms with Crippen molar-refractivity contribution in [2.45, 2.75) is 83.4 Å². The van der Waals surface area contributed by atoms with Gasteiger partial charge in [0.25, 0.3) is 0 Å². The molecule has 0 aromatic heterocycles. The predicted molar refractivity (Wildman–Crippen MR) is 167 cm³/mol. The molecule has 0 aliphatic carbocycles. The molecule has 1 atom stereocenters. The number of esters is 1. The SMILES string of the molecule is C=CCCCCCCCCOc1ccc(-c2ccc(C(=O)O)cc2F)c(-c2ccc(C(=O)OC(CCCC)C(F)(F)F)cc2)c1. The van der Waals surface area contributed by atoms with Crippen molar-refractivity contribution in [2.24, 2.45) is 0 Å². The number of alkyl halides is 3. The highest BCUT2D eigenvalue weighted by Gasteiger charge is 2.42. The molecule has 0 bridgehead atoms. The molecule has 242 valence electrons. The number of allylic oxidation sites excluding steroid dienone is 1. The van der Waals surface area contributed by atoms with Gasteiger partial charge < -0.3 is 14.6 Å². The predicted octanol–water partition coefficient (Wildman–Crippen LogP) is 10.4.